The van der Waals surface area contributed by atoms with Crippen LogP contribution in [0.1, 0.15) is 23.7 Å². The molecule has 0 aromatic heterocycles. The van der Waals surface area contributed by atoms with E-state index in [9.17, 15) is 17.8 Å². The number of nitrogens with one attached hydrogen (secondary N) is 1. The molecule has 3 N–H and O–H groups in total. The predicted octanol–water partition coefficient (Wildman–Crippen LogP) is 1.43. The van der Waals surface area contributed by atoms with Crippen LogP contribution in [0.4, 0.5) is 14.5 Å². The number of hydrogen-bond donors (Lipinski definition) is 2. The zero-order chi connectivity index (χ0) is 14.6. The lowest BCUT2D eigenvalue weighted by atomic mass is 10.1. The van der Waals surface area contributed by atoms with Gasteiger partial charge < -0.3 is 11.1 Å². The Morgan fingerprint density at radius 3 is 2.63 bits per heavy atom. The lowest BCUT2D eigenvalue weighted by Crippen LogP contribution is -2.28. The highest BCUT2D eigenvalue weighted by Gasteiger charge is 2.15. The summed E-state index contributed by atoms with van der Waals surface area (Å²) >= 11 is 0. The van der Waals surface area contributed by atoms with Crippen molar-refractivity contribution >= 4 is 22.4 Å². The van der Waals surface area contributed by atoms with E-state index in [1.807, 2.05) is 0 Å². The van der Waals surface area contributed by atoms with E-state index >= 15 is 0 Å². The van der Waals surface area contributed by atoms with Gasteiger partial charge in [-0.05, 0) is 12.5 Å². The summed E-state index contributed by atoms with van der Waals surface area (Å²) < 4.78 is 37.4. The third kappa shape index (κ3) is 4.27. The highest BCUT2D eigenvalue weighted by Crippen LogP contribution is 2.16. The molecular weight excluding hydrogens is 274 g/mol. The first-order valence-electron chi connectivity index (χ1n) is 5.68. The van der Waals surface area contributed by atoms with Crippen molar-refractivity contribution < 1.29 is 17.8 Å². The van der Waals surface area contributed by atoms with E-state index in [1.165, 1.54) is 0 Å². The van der Waals surface area contributed by atoms with Crippen molar-refractivity contribution in [3.8, 4) is 0 Å². The molecule has 19 heavy (non-hydrogen) atoms. The molecule has 0 saturated heterocycles. The molecule has 106 valence electrons. The molecule has 0 spiro atoms. The van der Waals surface area contributed by atoms with E-state index in [4.69, 9.17) is 5.73 Å². The SMILES string of the molecule is CC(CCNC(=O)c1cc(N)c(F)cc1F)S(C)=O. The predicted molar refractivity (Wildman–Crippen MR) is 71.2 cm³/mol. The number of nitrogen functional groups attached to an aromatic ring is 1. The van der Waals surface area contributed by atoms with E-state index in [1.54, 1.807) is 13.2 Å². The summed E-state index contributed by atoms with van der Waals surface area (Å²) in [5.74, 6) is -2.53. The Balaban J connectivity index is 2.64. The average Bonchev–Trinajstić information content (AvgIpc) is 2.33. The van der Waals surface area contributed by atoms with Crippen LogP contribution in [0.5, 0.6) is 0 Å². The number of carbonyl (C=O) groups excluding carboxylic acids is 1. The molecule has 1 aromatic carbocycles. The molecule has 0 heterocycles. The first-order chi connectivity index (χ1) is 8.82. The van der Waals surface area contributed by atoms with Gasteiger partial charge in [-0.1, -0.05) is 6.92 Å². The van der Waals surface area contributed by atoms with E-state index < -0.39 is 28.3 Å². The second-order valence-corrected chi connectivity index (χ2v) is 6.01. The van der Waals surface area contributed by atoms with Gasteiger partial charge in [0, 0.05) is 34.9 Å². The fourth-order valence-corrected chi connectivity index (χ4v) is 1.84. The summed E-state index contributed by atoms with van der Waals surface area (Å²) in [6, 6.07) is 1.54. The Morgan fingerprint density at radius 1 is 1.42 bits per heavy atom. The van der Waals surface area contributed by atoms with Crippen LogP contribution in [0.2, 0.25) is 0 Å². The van der Waals surface area contributed by atoms with Crippen LogP contribution >= 0.6 is 0 Å². The maximum atomic E-state index is 13.4. The van der Waals surface area contributed by atoms with E-state index in [0.717, 1.165) is 6.07 Å². The lowest BCUT2D eigenvalue weighted by Gasteiger charge is -2.10. The minimum absolute atomic E-state index is 0.0663. The molecule has 1 amide bonds. The zero-order valence-electron chi connectivity index (χ0n) is 10.7. The number of anilines is 1. The smallest absolute Gasteiger partial charge is 0.254 e. The molecule has 0 radical (unpaired) electrons. The monoisotopic (exact) mass is 290 g/mol. The fourth-order valence-electron chi connectivity index (χ4n) is 1.39. The molecule has 0 aliphatic heterocycles. The second-order valence-electron chi connectivity index (χ2n) is 4.21. The van der Waals surface area contributed by atoms with Gasteiger partial charge in [0.2, 0.25) is 0 Å². The van der Waals surface area contributed by atoms with E-state index in [-0.39, 0.29) is 23.0 Å². The van der Waals surface area contributed by atoms with Gasteiger partial charge in [0.15, 0.2) is 0 Å². The maximum Gasteiger partial charge on any atom is 0.254 e. The molecule has 7 heteroatoms. The summed E-state index contributed by atoms with van der Waals surface area (Å²) in [6.07, 6.45) is 2.08. The molecule has 0 saturated carbocycles. The molecule has 0 fully saturated rings. The number of nitrogens with two attached hydrogens (primary N) is 1. The molecule has 0 aliphatic rings. The Kier molecular flexibility index (Phi) is 5.41. The topological polar surface area (TPSA) is 72.2 Å². The van der Waals surface area contributed by atoms with E-state index in [2.05, 4.69) is 5.32 Å². The van der Waals surface area contributed by atoms with Crippen molar-refractivity contribution in [3.63, 3.8) is 0 Å². The molecule has 4 nitrogen and oxygen atoms in total. The number of hydrogen-bond acceptors (Lipinski definition) is 3. The zero-order valence-corrected chi connectivity index (χ0v) is 11.5. The van der Waals surface area contributed by atoms with Gasteiger partial charge in [-0.25, -0.2) is 8.78 Å². The van der Waals surface area contributed by atoms with Crippen LogP contribution in [-0.2, 0) is 10.8 Å². The van der Waals surface area contributed by atoms with Crippen molar-refractivity contribution in [2.75, 3.05) is 18.5 Å². The normalized spacial score (nSPS) is 13.9. The standard InChI is InChI=1S/C12H16F2N2O2S/c1-7(19(2)18)3-4-16-12(17)8-5-11(15)10(14)6-9(8)13/h5-7H,3-4,15H2,1-2H3,(H,16,17). The third-order valence-corrected chi connectivity index (χ3v) is 4.10. The minimum atomic E-state index is -0.976. The van der Waals surface area contributed by atoms with Crippen LogP contribution < -0.4 is 11.1 Å². The molecular formula is C12H16F2N2O2S. The molecule has 2 unspecified atom stereocenters. The van der Waals surface area contributed by atoms with Gasteiger partial charge in [0.1, 0.15) is 11.6 Å². The maximum absolute atomic E-state index is 13.4. The number of halogens is 2. The Hall–Kier alpha value is -1.50. The Labute approximate surface area is 112 Å². The van der Waals surface area contributed by atoms with Crippen molar-refractivity contribution in [2.24, 2.45) is 0 Å². The first kappa shape index (κ1) is 15.6. The number of rotatable bonds is 5. The van der Waals surface area contributed by atoms with Crippen LogP contribution in [0.3, 0.4) is 0 Å². The quantitative estimate of drug-likeness (QED) is 0.806. The fraction of sp³-hybridized carbons (Fsp3) is 0.417. The second kappa shape index (κ2) is 6.60. The van der Waals surface area contributed by atoms with Crippen molar-refractivity contribution in [1.82, 2.24) is 5.32 Å². The van der Waals surface area contributed by atoms with Crippen LogP contribution in [0.15, 0.2) is 12.1 Å². The summed E-state index contributed by atoms with van der Waals surface area (Å²) in [6.45, 7) is 2.05. The van der Waals surface area contributed by atoms with Crippen molar-refractivity contribution in [3.05, 3.63) is 29.3 Å². The van der Waals surface area contributed by atoms with Gasteiger partial charge in [-0.15, -0.1) is 0 Å². The third-order valence-electron chi connectivity index (χ3n) is 2.73. The van der Waals surface area contributed by atoms with Gasteiger partial charge in [0.25, 0.3) is 5.91 Å². The minimum Gasteiger partial charge on any atom is -0.396 e. The average molecular weight is 290 g/mol. The Morgan fingerprint density at radius 2 is 2.05 bits per heavy atom. The lowest BCUT2D eigenvalue weighted by molar-refractivity contribution is 0.0949. The molecule has 0 aliphatic carbocycles. The van der Waals surface area contributed by atoms with Gasteiger partial charge in [-0.3, -0.25) is 9.00 Å². The van der Waals surface area contributed by atoms with Gasteiger partial charge in [-0.2, -0.15) is 0 Å². The number of amides is 1. The van der Waals surface area contributed by atoms with Crippen LogP contribution in [-0.4, -0.2) is 28.2 Å². The highest BCUT2D eigenvalue weighted by molar-refractivity contribution is 7.84. The van der Waals surface area contributed by atoms with Crippen molar-refractivity contribution in [2.45, 2.75) is 18.6 Å². The summed E-state index contributed by atoms with van der Waals surface area (Å²) in [4.78, 5) is 11.7. The van der Waals surface area contributed by atoms with Crippen LogP contribution in [0, 0.1) is 11.6 Å². The number of carbonyl (C=O) groups is 1. The highest BCUT2D eigenvalue weighted by atomic mass is 32.2. The first-order valence-corrected chi connectivity index (χ1v) is 7.30. The summed E-state index contributed by atoms with van der Waals surface area (Å²) in [5.41, 5.74) is 4.70. The molecule has 1 rings (SSSR count). The van der Waals surface area contributed by atoms with Crippen LogP contribution in [0.25, 0.3) is 0 Å². The van der Waals surface area contributed by atoms with Crippen molar-refractivity contribution in [1.29, 1.82) is 0 Å². The summed E-state index contributed by atoms with van der Waals surface area (Å²) in [5, 5.41) is 2.41. The number of benzene rings is 1. The summed E-state index contributed by atoms with van der Waals surface area (Å²) in [7, 11) is -0.976. The molecule has 1 aromatic rings. The Bertz CT molecular complexity index is 509. The van der Waals surface area contributed by atoms with Gasteiger partial charge in [0.05, 0.1) is 11.3 Å². The van der Waals surface area contributed by atoms with E-state index in [0.29, 0.717) is 12.5 Å². The largest absolute Gasteiger partial charge is 0.396 e. The van der Waals surface area contributed by atoms with Gasteiger partial charge >= 0.3 is 0 Å². The molecule has 0 bridgehead atoms. The molecule has 2 atom stereocenters.